The van der Waals surface area contributed by atoms with Gasteiger partial charge in [0.15, 0.2) is 5.13 Å². The Kier molecular flexibility index (Phi) is 6.90. The van der Waals surface area contributed by atoms with Crippen molar-refractivity contribution in [1.82, 2.24) is 9.29 Å². The molecule has 0 aliphatic heterocycles. The van der Waals surface area contributed by atoms with E-state index in [2.05, 4.69) is 10.3 Å². The first kappa shape index (κ1) is 22.4. The SMILES string of the molecule is CC(C)N(C(C)C)S(=O)(=O)c1ccc2nc(NC(=O)CCc3ccccc3)sc2c1. The Morgan fingerprint density at radius 2 is 1.73 bits per heavy atom. The Labute approximate surface area is 182 Å². The van der Waals surface area contributed by atoms with Crippen molar-refractivity contribution >= 4 is 42.6 Å². The van der Waals surface area contributed by atoms with Crippen LogP contribution in [0.25, 0.3) is 10.2 Å². The molecule has 0 atom stereocenters. The third kappa shape index (κ3) is 5.06. The Bertz CT molecular complexity index is 1110. The third-order valence-corrected chi connectivity index (χ3v) is 7.86. The van der Waals surface area contributed by atoms with Gasteiger partial charge < -0.3 is 5.32 Å². The summed E-state index contributed by atoms with van der Waals surface area (Å²) in [6.45, 7) is 7.47. The fourth-order valence-corrected chi connectivity index (χ4v) is 6.33. The van der Waals surface area contributed by atoms with Crippen molar-refractivity contribution in [2.75, 3.05) is 5.32 Å². The van der Waals surface area contributed by atoms with Gasteiger partial charge in [0.25, 0.3) is 0 Å². The van der Waals surface area contributed by atoms with E-state index in [1.165, 1.54) is 15.6 Å². The highest BCUT2D eigenvalue weighted by molar-refractivity contribution is 7.89. The highest BCUT2D eigenvalue weighted by Gasteiger charge is 2.29. The number of fused-ring (bicyclic) bond motifs is 1. The smallest absolute Gasteiger partial charge is 0.243 e. The maximum Gasteiger partial charge on any atom is 0.243 e. The summed E-state index contributed by atoms with van der Waals surface area (Å²) in [5.74, 6) is -0.114. The third-order valence-electron chi connectivity index (χ3n) is 4.68. The number of nitrogens with zero attached hydrogens (tertiary/aromatic N) is 2. The highest BCUT2D eigenvalue weighted by atomic mass is 32.2. The molecule has 1 amide bonds. The maximum atomic E-state index is 13.1. The molecule has 0 aliphatic carbocycles. The number of benzene rings is 2. The van der Waals surface area contributed by atoms with E-state index in [1.807, 2.05) is 58.0 Å². The number of hydrogen-bond acceptors (Lipinski definition) is 5. The van der Waals surface area contributed by atoms with Crippen LogP contribution in [0.1, 0.15) is 39.7 Å². The Morgan fingerprint density at radius 3 is 2.37 bits per heavy atom. The molecule has 3 rings (SSSR count). The molecule has 2 aromatic carbocycles. The van der Waals surface area contributed by atoms with Crippen LogP contribution in [-0.2, 0) is 21.2 Å². The number of aryl methyl sites for hydroxylation is 1. The van der Waals surface area contributed by atoms with Crippen LogP contribution in [0.15, 0.2) is 53.4 Å². The molecule has 0 unspecified atom stereocenters. The van der Waals surface area contributed by atoms with Gasteiger partial charge in [0.1, 0.15) is 0 Å². The summed E-state index contributed by atoms with van der Waals surface area (Å²) in [6.07, 6.45) is 1.01. The molecule has 0 spiro atoms. The minimum atomic E-state index is -3.62. The molecule has 3 aromatic rings. The molecule has 0 radical (unpaired) electrons. The van der Waals surface area contributed by atoms with Crippen LogP contribution in [0.5, 0.6) is 0 Å². The summed E-state index contributed by atoms with van der Waals surface area (Å²) in [6, 6.07) is 14.4. The van der Waals surface area contributed by atoms with E-state index in [-0.39, 0.29) is 22.9 Å². The number of hydrogen-bond donors (Lipinski definition) is 1. The van der Waals surface area contributed by atoms with Crippen LogP contribution in [0.4, 0.5) is 5.13 Å². The molecule has 0 saturated carbocycles. The Morgan fingerprint density at radius 1 is 1.07 bits per heavy atom. The van der Waals surface area contributed by atoms with Gasteiger partial charge in [0.05, 0.1) is 15.1 Å². The molecule has 0 aliphatic rings. The van der Waals surface area contributed by atoms with Gasteiger partial charge in [-0.2, -0.15) is 4.31 Å². The summed E-state index contributed by atoms with van der Waals surface area (Å²) in [5.41, 5.74) is 1.77. The lowest BCUT2D eigenvalue weighted by Crippen LogP contribution is -2.41. The second-order valence-corrected chi connectivity index (χ2v) is 10.6. The molecule has 0 bridgehead atoms. The van der Waals surface area contributed by atoms with Crippen LogP contribution in [-0.4, -0.2) is 35.7 Å². The van der Waals surface area contributed by atoms with Crippen molar-refractivity contribution < 1.29 is 13.2 Å². The number of amides is 1. The van der Waals surface area contributed by atoms with Crippen molar-refractivity contribution in [2.24, 2.45) is 0 Å². The number of anilines is 1. The summed E-state index contributed by atoms with van der Waals surface area (Å²) in [7, 11) is -3.62. The number of nitrogens with one attached hydrogen (secondary N) is 1. The fraction of sp³-hybridized carbons (Fsp3) is 0.364. The van der Waals surface area contributed by atoms with E-state index in [0.29, 0.717) is 23.5 Å². The van der Waals surface area contributed by atoms with Crippen LogP contribution in [0.2, 0.25) is 0 Å². The average molecular weight is 446 g/mol. The molecule has 1 heterocycles. The highest BCUT2D eigenvalue weighted by Crippen LogP contribution is 2.30. The monoisotopic (exact) mass is 445 g/mol. The van der Waals surface area contributed by atoms with Crippen molar-refractivity contribution in [3.8, 4) is 0 Å². The predicted octanol–water partition coefficient (Wildman–Crippen LogP) is 4.68. The number of sulfonamides is 1. The molecule has 0 fully saturated rings. The molecular weight excluding hydrogens is 418 g/mol. The molecule has 1 N–H and O–H groups in total. The van der Waals surface area contributed by atoms with Crippen molar-refractivity contribution in [3.63, 3.8) is 0 Å². The molecule has 160 valence electrons. The molecular formula is C22H27N3O3S2. The van der Waals surface area contributed by atoms with Crippen molar-refractivity contribution in [3.05, 3.63) is 54.1 Å². The minimum absolute atomic E-state index is 0.114. The summed E-state index contributed by atoms with van der Waals surface area (Å²) in [4.78, 5) is 16.9. The number of carbonyl (C=O) groups is 1. The number of thiazole rings is 1. The Balaban J connectivity index is 1.76. The summed E-state index contributed by atoms with van der Waals surface area (Å²) in [5, 5.41) is 3.30. The standard InChI is InChI=1S/C22H27N3O3S2/c1-15(2)25(16(3)4)30(27,28)18-11-12-19-20(14-18)29-22(23-19)24-21(26)13-10-17-8-6-5-7-9-17/h5-9,11-12,14-16H,10,13H2,1-4H3,(H,23,24,26). The molecule has 30 heavy (non-hydrogen) atoms. The lowest BCUT2D eigenvalue weighted by molar-refractivity contribution is -0.116. The topological polar surface area (TPSA) is 79.4 Å². The largest absolute Gasteiger partial charge is 0.302 e. The van der Waals surface area contributed by atoms with E-state index < -0.39 is 10.0 Å². The molecule has 6 nitrogen and oxygen atoms in total. The van der Waals surface area contributed by atoms with Crippen molar-refractivity contribution in [2.45, 2.75) is 57.5 Å². The number of rotatable bonds is 8. The van der Waals surface area contributed by atoms with Gasteiger partial charge in [-0.05, 0) is 57.9 Å². The van der Waals surface area contributed by atoms with E-state index in [0.717, 1.165) is 10.3 Å². The molecule has 8 heteroatoms. The normalized spacial score (nSPS) is 12.2. The number of carbonyl (C=O) groups excluding carboxylic acids is 1. The van der Waals surface area contributed by atoms with E-state index in [4.69, 9.17) is 0 Å². The van der Waals surface area contributed by atoms with E-state index >= 15 is 0 Å². The van der Waals surface area contributed by atoms with Crippen LogP contribution >= 0.6 is 11.3 Å². The van der Waals surface area contributed by atoms with Crippen LogP contribution in [0, 0.1) is 0 Å². The predicted molar refractivity (Wildman–Crippen MR) is 122 cm³/mol. The molecule has 0 saturated heterocycles. The second kappa shape index (κ2) is 9.24. The minimum Gasteiger partial charge on any atom is -0.302 e. The average Bonchev–Trinajstić information content (AvgIpc) is 3.07. The molecule has 1 aromatic heterocycles. The van der Waals surface area contributed by atoms with Crippen LogP contribution in [0.3, 0.4) is 0 Å². The van der Waals surface area contributed by atoms with Crippen molar-refractivity contribution in [1.29, 1.82) is 0 Å². The summed E-state index contributed by atoms with van der Waals surface area (Å²) < 4.78 is 28.4. The van der Waals surface area contributed by atoms with Gasteiger partial charge in [-0.1, -0.05) is 41.7 Å². The Hall–Kier alpha value is -2.29. The first-order valence-electron chi connectivity index (χ1n) is 9.96. The second-order valence-electron chi connectivity index (χ2n) is 7.70. The fourth-order valence-electron chi connectivity index (χ4n) is 3.48. The zero-order valence-electron chi connectivity index (χ0n) is 17.6. The van der Waals surface area contributed by atoms with Gasteiger partial charge >= 0.3 is 0 Å². The van der Waals surface area contributed by atoms with Crippen LogP contribution < -0.4 is 5.32 Å². The van der Waals surface area contributed by atoms with Gasteiger partial charge in [0.2, 0.25) is 15.9 Å². The summed E-state index contributed by atoms with van der Waals surface area (Å²) >= 11 is 1.28. The van der Waals surface area contributed by atoms with E-state index in [9.17, 15) is 13.2 Å². The number of aromatic nitrogens is 1. The zero-order chi connectivity index (χ0) is 21.9. The van der Waals surface area contributed by atoms with Gasteiger partial charge in [-0.15, -0.1) is 0 Å². The van der Waals surface area contributed by atoms with Gasteiger partial charge in [-0.25, -0.2) is 13.4 Å². The first-order chi connectivity index (χ1) is 14.2. The van der Waals surface area contributed by atoms with Gasteiger partial charge in [0, 0.05) is 18.5 Å². The first-order valence-corrected chi connectivity index (χ1v) is 12.2. The van der Waals surface area contributed by atoms with E-state index in [1.54, 1.807) is 18.2 Å². The quantitative estimate of drug-likeness (QED) is 0.546. The zero-order valence-corrected chi connectivity index (χ0v) is 19.3. The lowest BCUT2D eigenvalue weighted by atomic mass is 10.1. The lowest BCUT2D eigenvalue weighted by Gasteiger charge is -2.29. The van der Waals surface area contributed by atoms with Gasteiger partial charge in [-0.3, -0.25) is 4.79 Å². The maximum absolute atomic E-state index is 13.1.